The van der Waals surface area contributed by atoms with Crippen molar-refractivity contribution >= 4 is 10.9 Å². The number of hydrogen-bond donors (Lipinski definition) is 1. The quantitative estimate of drug-likeness (QED) is 0.551. The van der Waals surface area contributed by atoms with Crippen molar-refractivity contribution in [1.82, 2.24) is 9.88 Å². The summed E-state index contributed by atoms with van der Waals surface area (Å²) < 4.78 is 2.56. The monoisotopic (exact) mass is 352 g/mol. The van der Waals surface area contributed by atoms with E-state index in [0.717, 1.165) is 26.1 Å². The summed E-state index contributed by atoms with van der Waals surface area (Å²) in [6.45, 7) is 2.94. The van der Waals surface area contributed by atoms with Gasteiger partial charge in [-0.05, 0) is 35.7 Å². The fraction of sp³-hybridized carbons (Fsp3) is 0.200. The van der Waals surface area contributed by atoms with Gasteiger partial charge in [-0.3, -0.25) is 0 Å². The zero-order valence-electron chi connectivity index (χ0n) is 15.4. The highest BCUT2D eigenvalue weighted by atomic mass is 15.0. The van der Waals surface area contributed by atoms with E-state index < -0.39 is 0 Å². The van der Waals surface area contributed by atoms with E-state index in [-0.39, 0.29) is 0 Å². The third-order valence-electron chi connectivity index (χ3n) is 5.74. The molecule has 0 fully saturated rings. The first-order valence-corrected chi connectivity index (χ1v) is 9.81. The van der Waals surface area contributed by atoms with E-state index in [2.05, 4.69) is 94.8 Å². The molecule has 1 aromatic heterocycles. The first-order chi connectivity index (χ1) is 13.4. The van der Waals surface area contributed by atoms with Crippen molar-refractivity contribution in [3.05, 3.63) is 107 Å². The summed E-state index contributed by atoms with van der Waals surface area (Å²) in [6.07, 6.45) is 1.08. The minimum Gasteiger partial charge on any atom is -0.339 e. The maximum absolute atomic E-state index is 3.67. The highest BCUT2D eigenvalue weighted by molar-refractivity contribution is 5.86. The van der Waals surface area contributed by atoms with Crippen molar-refractivity contribution in [3.63, 3.8) is 0 Å². The molecule has 0 radical (unpaired) electrons. The van der Waals surface area contributed by atoms with Crippen LogP contribution in [0.3, 0.4) is 0 Å². The maximum Gasteiger partial charge on any atom is 0.0488 e. The third-order valence-corrected chi connectivity index (χ3v) is 5.74. The lowest BCUT2D eigenvalue weighted by Crippen LogP contribution is -2.22. The van der Waals surface area contributed by atoms with Crippen LogP contribution in [0, 0.1) is 0 Å². The molecule has 2 heteroatoms. The molecule has 1 unspecified atom stereocenters. The van der Waals surface area contributed by atoms with E-state index in [4.69, 9.17) is 0 Å². The zero-order valence-corrected chi connectivity index (χ0v) is 15.4. The molecule has 1 aliphatic heterocycles. The molecule has 0 saturated carbocycles. The van der Waals surface area contributed by atoms with E-state index in [1.165, 1.54) is 33.3 Å². The van der Waals surface area contributed by atoms with Gasteiger partial charge in [0.25, 0.3) is 0 Å². The van der Waals surface area contributed by atoms with Crippen molar-refractivity contribution in [1.29, 1.82) is 0 Å². The maximum atomic E-state index is 3.67. The van der Waals surface area contributed by atoms with Gasteiger partial charge in [0.2, 0.25) is 0 Å². The Balaban J connectivity index is 1.74. The number of nitrogens with one attached hydrogen (secondary N) is 1. The minimum atomic E-state index is 0.375. The molecule has 4 aromatic rings. The molecule has 1 N–H and O–H groups in total. The number of nitrogens with zero attached hydrogens (tertiary/aromatic N) is 1. The number of benzene rings is 3. The summed E-state index contributed by atoms with van der Waals surface area (Å²) in [5.74, 6) is 0.375. The van der Waals surface area contributed by atoms with Crippen molar-refractivity contribution in [2.75, 3.05) is 13.1 Å². The summed E-state index contributed by atoms with van der Waals surface area (Å²) in [5.41, 5.74) is 7.10. The Bertz CT molecular complexity index is 1050. The van der Waals surface area contributed by atoms with Gasteiger partial charge < -0.3 is 9.88 Å². The van der Waals surface area contributed by atoms with Crippen molar-refractivity contribution in [2.24, 2.45) is 0 Å². The topological polar surface area (TPSA) is 17.0 Å². The van der Waals surface area contributed by atoms with Gasteiger partial charge in [-0.2, -0.15) is 0 Å². The summed E-state index contributed by atoms with van der Waals surface area (Å²) in [5, 5.41) is 5.08. The fourth-order valence-corrected chi connectivity index (χ4v) is 4.51. The molecule has 0 amide bonds. The Kier molecular flexibility index (Phi) is 4.27. The van der Waals surface area contributed by atoms with Crippen LogP contribution in [-0.4, -0.2) is 17.7 Å². The normalized spacial score (nSPS) is 16.8. The second-order valence-corrected chi connectivity index (χ2v) is 7.37. The molecule has 0 saturated heterocycles. The van der Waals surface area contributed by atoms with E-state index in [1.54, 1.807) is 0 Å². The largest absolute Gasteiger partial charge is 0.339 e. The van der Waals surface area contributed by atoms with Crippen molar-refractivity contribution in [2.45, 2.75) is 18.9 Å². The summed E-state index contributed by atoms with van der Waals surface area (Å²) in [4.78, 5) is 0. The highest BCUT2D eigenvalue weighted by Gasteiger charge is 2.27. The van der Waals surface area contributed by atoms with Crippen LogP contribution < -0.4 is 5.32 Å². The van der Waals surface area contributed by atoms with Crippen molar-refractivity contribution in [3.8, 4) is 0 Å². The molecule has 0 bridgehead atoms. The number of aromatic nitrogens is 1. The van der Waals surface area contributed by atoms with Gasteiger partial charge >= 0.3 is 0 Å². The molecule has 1 aliphatic rings. The van der Waals surface area contributed by atoms with Gasteiger partial charge in [-0.15, -0.1) is 0 Å². The van der Waals surface area contributed by atoms with Crippen LogP contribution >= 0.6 is 0 Å². The standard InChI is InChI=1S/C25H24N2/c1-3-9-19(10-4-1)18-27-24-14-8-7-13-21(24)22-15-16-26-17-23(25(22)27)20-11-5-2-6-12-20/h1-14,23,26H,15-18H2. The van der Waals surface area contributed by atoms with Gasteiger partial charge in [-0.1, -0.05) is 78.9 Å². The van der Waals surface area contributed by atoms with Crippen LogP contribution in [-0.2, 0) is 13.0 Å². The molecule has 5 rings (SSSR count). The molecule has 3 aromatic carbocycles. The predicted molar refractivity (Wildman–Crippen MR) is 112 cm³/mol. The lowest BCUT2D eigenvalue weighted by atomic mass is 9.92. The van der Waals surface area contributed by atoms with Crippen molar-refractivity contribution < 1.29 is 0 Å². The number of para-hydroxylation sites is 1. The van der Waals surface area contributed by atoms with Gasteiger partial charge in [-0.25, -0.2) is 0 Å². The fourth-order valence-electron chi connectivity index (χ4n) is 4.51. The number of fused-ring (bicyclic) bond motifs is 3. The predicted octanol–water partition coefficient (Wildman–Crippen LogP) is 4.97. The second kappa shape index (κ2) is 7.05. The molecule has 0 spiro atoms. The first kappa shape index (κ1) is 16.3. The Morgan fingerprint density at radius 2 is 1.52 bits per heavy atom. The van der Waals surface area contributed by atoms with E-state index in [0.29, 0.717) is 5.92 Å². The number of hydrogen-bond acceptors (Lipinski definition) is 1. The smallest absolute Gasteiger partial charge is 0.0488 e. The summed E-state index contributed by atoms with van der Waals surface area (Å²) >= 11 is 0. The van der Waals surface area contributed by atoms with Crippen LogP contribution in [0.1, 0.15) is 28.3 Å². The van der Waals surface area contributed by atoms with Gasteiger partial charge in [0.1, 0.15) is 0 Å². The van der Waals surface area contributed by atoms with Crippen LogP contribution in [0.5, 0.6) is 0 Å². The molecular formula is C25H24N2. The van der Waals surface area contributed by atoms with Crippen LogP contribution in [0.25, 0.3) is 10.9 Å². The molecule has 1 atom stereocenters. The Hall–Kier alpha value is -2.84. The minimum absolute atomic E-state index is 0.375. The van der Waals surface area contributed by atoms with Gasteiger partial charge in [0, 0.05) is 35.6 Å². The van der Waals surface area contributed by atoms with E-state index >= 15 is 0 Å². The Morgan fingerprint density at radius 1 is 0.815 bits per heavy atom. The SMILES string of the molecule is c1ccc(Cn2c3c(c4ccccc42)CCNCC3c2ccccc2)cc1. The molecule has 2 nitrogen and oxygen atoms in total. The van der Waals surface area contributed by atoms with Crippen LogP contribution in [0.2, 0.25) is 0 Å². The van der Waals surface area contributed by atoms with E-state index in [9.17, 15) is 0 Å². The molecule has 0 aliphatic carbocycles. The average Bonchev–Trinajstić information content (AvgIpc) is 2.89. The zero-order chi connectivity index (χ0) is 18.1. The highest BCUT2D eigenvalue weighted by Crippen LogP contribution is 2.36. The van der Waals surface area contributed by atoms with Gasteiger partial charge in [0.15, 0.2) is 0 Å². The Labute approximate surface area is 160 Å². The number of rotatable bonds is 3. The Morgan fingerprint density at radius 3 is 2.33 bits per heavy atom. The van der Waals surface area contributed by atoms with Crippen LogP contribution in [0.15, 0.2) is 84.9 Å². The lowest BCUT2D eigenvalue weighted by molar-refractivity contribution is 0.634. The molecule has 134 valence electrons. The van der Waals surface area contributed by atoms with Crippen LogP contribution in [0.4, 0.5) is 0 Å². The second-order valence-electron chi connectivity index (χ2n) is 7.37. The molecule has 2 heterocycles. The average molecular weight is 352 g/mol. The molecule has 27 heavy (non-hydrogen) atoms. The summed E-state index contributed by atoms with van der Waals surface area (Å²) in [7, 11) is 0. The molecular weight excluding hydrogens is 328 g/mol. The van der Waals surface area contributed by atoms with Gasteiger partial charge in [0.05, 0.1) is 0 Å². The first-order valence-electron chi connectivity index (χ1n) is 9.81. The van der Waals surface area contributed by atoms with E-state index in [1.807, 2.05) is 0 Å². The third kappa shape index (κ3) is 2.96. The summed E-state index contributed by atoms with van der Waals surface area (Å²) in [6, 6.07) is 30.7. The lowest BCUT2D eigenvalue weighted by Gasteiger charge is -2.21.